The molecule has 4 nitrogen and oxygen atoms in total. The Morgan fingerprint density at radius 1 is 1.15 bits per heavy atom. The number of aromatic nitrogens is 2. The average Bonchev–Trinajstić information content (AvgIpc) is 2.97. The number of hydrogen-bond donors (Lipinski definition) is 1. The minimum absolute atomic E-state index is 0.214. The zero-order valence-corrected chi connectivity index (χ0v) is 11.9. The van der Waals surface area contributed by atoms with Crippen LogP contribution in [-0.2, 0) is 17.6 Å². The van der Waals surface area contributed by atoms with Crippen LogP contribution in [-0.4, -0.2) is 24.1 Å². The Balaban J connectivity index is 2.05. The lowest BCUT2D eigenvalue weighted by Gasteiger charge is -2.17. The number of methoxy groups -OCH3 is 1. The Morgan fingerprint density at radius 3 is 2.65 bits per heavy atom. The second-order valence-corrected chi connectivity index (χ2v) is 4.99. The number of ether oxygens (including phenoxy) is 1. The van der Waals surface area contributed by atoms with Gasteiger partial charge in [0.25, 0.3) is 0 Å². The predicted octanol–water partition coefficient (Wildman–Crippen LogP) is 2.74. The summed E-state index contributed by atoms with van der Waals surface area (Å²) in [6.45, 7) is 0. The zero-order valence-electron chi connectivity index (χ0n) is 11.9. The molecule has 20 heavy (non-hydrogen) atoms. The summed E-state index contributed by atoms with van der Waals surface area (Å²) in [6.07, 6.45) is 3.04. The fraction of sp³-hybridized carbons (Fsp3) is 0.375. The van der Waals surface area contributed by atoms with E-state index in [9.17, 15) is 0 Å². The molecule has 1 aliphatic rings. The quantitative estimate of drug-likeness (QED) is 0.927. The Labute approximate surface area is 119 Å². The standard InChI is InChI=1S/C16H19N3O/c1-17-15-12-9-6-10-13(12)18-16(19-15)14(20-2)11-7-4-3-5-8-11/h3-5,7-8,14H,6,9-10H2,1-2H3,(H,17,18,19). The molecule has 0 bridgehead atoms. The Kier molecular flexibility index (Phi) is 3.65. The number of aryl methyl sites for hydroxylation is 1. The number of anilines is 1. The summed E-state index contributed by atoms with van der Waals surface area (Å²) >= 11 is 0. The van der Waals surface area contributed by atoms with Crippen LogP contribution in [0.15, 0.2) is 30.3 Å². The molecule has 0 fully saturated rings. The lowest BCUT2D eigenvalue weighted by atomic mass is 10.1. The van der Waals surface area contributed by atoms with E-state index >= 15 is 0 Å². The van der Waals surface area contributed by atoms with Gasteiger partial charge in [0.2, 0.25) is 0 Å². The molecule has 1 aromatic heterocycles. The Bertz CT molecular complexity index is 598. The molecule has 0 spiro atoms. The number of nitrogens with zero attached hydrogens (tertiary/aromatic N) is 2. The van der Waals surface area contributed by atoms with Crippen LogP contribution in [0.1, 0.15) is 35.2 Å². The second kappa shape index (κ2) is 5.59. The number of nitrogens with one attached hydrogen (secondary N) is 1. The first-order valence-electron chi connectivity index (χ1n) is 6.98. The van der Waals surface area contributed by atoms with E-state index in [1.54, 1.807) is 7.11 Å². The summed E-state index contributed by atoms with van der Waals surface area (Å²) in [6, 6.07) is 10.1. The van der Waals surface area contributed by atoms with E-state index in [4.69, 9.17) is 9.72 Å². The number of fused-ring (bicyclic) bond motifs is 1. The molecule has 2 aromatic rings. The van der Waals surface area contributed by atoms with Gasteiger partial charge in [0, 0.05) is 25.4 Å². The van der Waals surface area contributed by atoms with Crippen LogP contribution in [0.3, 0.4) is 0 Å². The van der Waals surface area contributed by atoms with Crippen molar-refractivity contribution in [3.05, 3.63) is 53.0 Å². The smallest absolute Gasteiger partial charge is 0.164 e. The fourth-order valence-electron chi connectivity index (χ4n) is 2.79. The van der Waals surface area contributed by atoms with Crippen LogP contribution < -0.4 is 5.32 Å². The number of benzene rings is 1. The molecule has 3 rings (SSSR count). The van der Waals surface area contributed by atoms with Gasteiger partial charge in [0.1, 0.15) is 11.9 Å². The molecule has 1 unspecified atom stereocenters. The summed E-state index contributed by atoms with van der Waals surface area (Å²) in [5.41, 5.74) is 3.51. The van der Waals surface area contributed by atoms with Crippen molar-refractivity contribution >= 4 is 5.82 Å². The molecule has 1 aromatic carbocycles. The maximum atomic E-state index is 5.63. The maximum absolute atomic E-state index is 5.63. The van der Waals surface area contributed by atoms with Crippen molar-refractivity contribution in [3.63, 3.8) is 0 Å². The molecule has 0 radical (unpaired) electrons. The topological polar surface area (TPSA) is 47.0 Å². The first kappa shape index (κ1) is 13.1. The van der Waals surface area contributed by atoms with Crippen LogP contribution in [0.5, 0.6) is 0 Å². The van der Waals surface area contributed by atoms with Gasteiger partial charge in [0.15, 0.2) is 5.82 Å². The van der Waals surface area contributed by atoms with E-state index < -0.39 is 0 Å². The van der Waals surface area contributed by atoms with E-state index in [0.717, 1.165) is 42.2 Å². The average molecular weight is 269 g/mol. The van der Waals surface area contributed by atoms with E-state index in [1.807, 2.05) is 37.4 Å². The molecule has 0 saturated heterocycles. The van der Waals surface area contributed by atoms with Crippen molar-refractivity contribution in [1.82, 2.24) is 9.97 Å². The molecular weight excluding hydrogens is 250 g/mol. The van der Waals surface area contributed by atoms with Gasteiger partial charge in [-0.25, -0.2) is 9.97 Å². The van der Waals surface area contributed by atoms with Gasteiger partial charge in [-0.05, 0) is 24.8 Å². The van der Waals surface area contributed by atoms with Gasteiger partial charge < -0.3 is 10.1 Å². The van der Waals surface area contributed by atoms with Gasteiger partial charge in [0.05, 0.1) is 0 Å². The summed E-state index contributed by atoms with van der Waals surface area (Å²) in [4.78, 5) is 9.40. The molecule has 1 heterocycles. The van der Waals surface area contributed by atoms with Crippen LogP contribution in [0.4, 0.5) is 5.82 Å². The largest absolute Gasteiger partial charge is 0.373 e. The van der Waals surface area contributed by atoms with E-state index in [2.05, 4.69) is 10.3 Å². The fourth-order valence-corrected chi connectivity index (χ4v) is 2.79. The first-order valence-corrected chi connectivity index (χ1v) is 6.98. The summed E-state index contributed by atoms with van der Waals surface area (Å²) < 4.78 is 5.63. The molecule has 1 atom stereocenters. The summed E-state index contributed by atoms with van der Waals surface area (Å²) in [7, 11) is 3.61. The SMILES string of the molecule is CNc1nc(C(OC)c2ccccc2)nc2c1CCC2. The minimum atomic E-state index is -0.214. The van der Waals surface area contributed by atoms with Crippen LogP contribution in [0.25, 0.3) is 0 Å². The maximum Gasteiger partial charge on any atom is 0.164 e. The highest BCUT2D eigenvalue weighted by Crippen LogP contribution is 2.30. The normalized spacial score (nSPS) is 14.9. The molecule has 1 N–H and O–H groups in total. The Morgan fingerprint density at radius 2 is 1.95 bits per heavy atom. The monoisotopic (exact) mass is 269 g/mol. The highest BCUT2D eigenvalue weighted by Gasteiger charge is 2.23. The van der Waals surface area contributed by atoms with Crippen molar-refractivity contribution in [2.45, 2.75) is 25.4 Å². The minimum Gasteiger partial charge on any atom is -0.373 e. The lowest BCUT2D eigenvalue weighted by Crippen LogP contribution is -2.12. The van der Waals surface area contributed by atoms with Gasteiger partial charge >= 0.3 is 0 Å². The molecule has 0 amide bonds. The predicted molar refractivity (Wildman–Crippen MR) is 78.9 cm³/mol. The number of hydrogen-bond acceptors (Lipinski definition) is 4. The van der Waals surface area contributed by atoms with Gasteiger partial charge in [-0.15, -0.1) is 0 Å². The Hall–Kier alpha value is -1.94. The molecule has 1 aliphatic carbocycles. The van der Waals surface area contributed by atoms with Crippen molar-refractivity contribution < 1.29 is 4.74 Å². The first-order chi connectivity index (χ1) is 9.83. The van der Waals surface area contributed by atoms with Crippen molar-refractivity contribution in [2.24, 2.45) is 0 Å². The van der Waals surface area contributed by atoms with Gasteiger partial charge in [-0.3, -0.25) is 0 Å². The molecule has 4 heteroatoms. The van der Waals surface area contributed by atoms with Crippen LogP contribution in [0.2, 0.25) is 0 Å². The second-order valence-electron chi connectivity index (χ2n) is 4.99. The van der Waals surface area contributed by atoms with E-state index in [1.165, 1.54) is 5.56 Å². The van der Waals surface area contributed by atoms with Crippen molar-refractivity contribution in [1.29, 1.82) is 0 Å². The van der Waals surface area contributed by atoms with Crippen LogP contribution >= 0.6 is 0 Å². The van der Waals surface area contributed by atoms with E-state index in [-0.39, 0.29) is 6.10 Å². The summed E-state index contributed by atoms with van der Waals surface area (Å²) in [5, 5.41) is 3.19. The zero-order chi connectivity index (χ0) is 13.9. The molecule has 104 valence electrons. The number of rotatable bonds is 4. The highest BCUT2D eigenvalue weighted by molar-refractivity contribution is 5.49. The third kappa shape index (κ3) is 2.27. The van der Waals surface area contributed by atoms with Crippen molar-refractivity contribution in [2.75, 3.05) is 19.5 Å². The van der Waals surface area contributed by atoms with Crippen LogP contribution in [0, 0.1) is 0 Å². The molecule has 0 saturated carbocycles. The van der Waals surface area contributed by atoms with Gasteiger partial charge in [-0.1, -0.05) is 30.3 Å². The molecular formula is C16H19N3O. The third-order valence-corrected chi connectivity index (χ3v) is 3.76. The van der Waals surface area contributed by atoms with Gasteiger partial charge in [-0.2, -0.15) is 0 Å². The third-order valence-electron chi connectivity index (χ3n) is 3.76. The lowest BCUT2D eigenvalue weighted by molar-refractivity contribution is 0.129. The van der Waals surface area contributed by atoms with Crippen molar-refractivity contribution in [3.8, 4) is 0 Å². The summed E-state index contributed by atoms with van der Waals surface area (Å²) in [5.74, 6) is 1.68. The molecule has 0 aliphatic heterocycles. The highest BCUT2D eigenvalue weighted by atomic mass is 16.5. The van der Waals surface area contributed by atoms with E-state index in [0.29, 0.717) is 0 Å².